The number of halogens is 4. The van der Waals surface area contributed by atoms with Crippen molar-refractivity contribution in [2.24, 2.45) is 0 Å². The van der Waals surface area contributed by atoms with Crippen LogP contribution in [0.4, 0.5) is 13.2 Å². The molecule has 0 radical (unpaired) electrons. The van der Waals surface area contributed by atoms with Gasteiger partial charge in [0.25, 0.3) is 0 Å². The van der Waals surface area contributed by atoms with E-state index in [0.29, 0.717) is 17.7 Å². The molecule has 2 rings (SSSR count). The normalized spacial score (nSPS) is 12.4. The van der Waals surface area contributed by atoms with Crippen molar-refractivity contribution >= 4 is 17.8 Å². The molecule has 1 unspecified atom stereocenters. The Labute approximate surface area is 140 Å². The van der Waals surface area contributed by atoms with Crippen molar-refractivity contribution in [1.82, 2.24) is 4.98 Å². The van der Waals surface area contributed by atoms with E-state index in [-0.39, 0.29) is 5.88 Å². The van der Waals surface area contributed by atoms with Gasteiger partial charge in [-0.1, -0.05) is 0 Å². The van der Waals surface area contributed by atoms with E-state index in [1.54, 1.807) is 0 Å². The smallest absolute Gasteiger partial charge is 0.417 e. The van der Waals surface area contributed by atoms with Gasteiger partial charge in [-0.05, 0) is 37.3 Å². The second-order valence-electron chi connectivity index (χ2n) is 4.61. The quantitative estimate of drug-likeness (QED) is 0.792. The highest BCUT2D eigenvalue weighted by molar-refractivity contribution is 6.13. The van der Waals surface area contributed by atoms with E-state index >= 15 is 0 Å². The third-order valence-corrected chi connectivity index (χ3v) is 2.98. The molecule has 0 spiro atoms. The lowest BCUT2D eigenvalue weighted by molar-refractivity contribution is -0.141. The van der Waals surface area contributed by atoms with Crippen LogP contribution in [0, 0.1) is 0 Å². The van der Waals surface area contributed by atoms with E-state index in [9.17, 15) is 18.0 Å². The van der Waals surface area contributed by atoms with E-state index in [1.165, 1.54) is 31.2 Å². The minimum atomic E-state index is -4.45. The first kappa shape index (κ1) is 17.9. The van der Waals surface area contributed by atoms with Gasteiger partial charge in [0.2, 0.25) is 5.88 Å². The summed E-state index contributed by atoms with van der Waals surface area (Å²) in [5.74, 6) is -0.0406. The van der Waals surface area contributed by atoms with Gasteiger partial charge in [0.1, 0.15) is 23.4 Å². The van der Waals surface area contributed by atoms with Crippen LogP contribution in [0.2, 0.25) is 0 Å². The molecule has 1 heterocycles. The highest BCUT2D eigenvalue weighted by Crippen LogP contribution is 2.30. The number of aromatic nitrogens is 1. The van der Waals surface area contributed by atoms with Gasteiger partial charge in [-0.2, -0.15) is 13.2 Å². The number of alkyl halides is 3. The van der Waals surface area contributed by atoms with E-state index in [0.717, 1.165) is 12.1 Å². The lowest BCUT2D eigenvalue weighted by atomic mass is 10.3. The topological polar surface area (TPSA) is 57.7 Å². The summed E-state index contributed by atoms with van der Waals surface area (Å²) in [5, 5.41) is 0. The molecule has 0 aliphatic carbocycles. The van der Waals surface area contributed by atoms with Crippen molar-refractivity contribution < 1.29 is 31.7 Å². The number of nitrogens with zero attached hydrogens (tertiary/aromatic N) is 1. The molecule has 9 heteroatoms. The zero-order valence-corrected chi connectivity index (χ0v) is 13.0. The minimum absolute atomic E-state index is 0.00996. The van der Waals surface area contributed by atoms with Gasteiger partial charge in [-0.25, -0.2) is 9.78 Å². The molecular formula is C15H11ClF3NO4. The summed E-state index contributed by atoms with van der Waals surface area (Å²) in [4.78, 5) is 14.7. The van der Waals surface area contributed by atoms with Crippen molar-refractivity contribution in [2.75, 3.05) is 0 Å². The third-order valence-electron chi connectivity index (χ3n) is 2.83. The second kappa shape index (κ2) is 7.39. The van der Waals surface area contributed by atoms with Crippen LogP contribution in [0.3, 0.4) is 0 Å². The fraction of sp³-hybridized carbons (Fsp3) is 0.200. The second-order valence-corrected chi connectivity index (χ2v) is 4.77. The van der Waals surface area contributed by atoms with Crippen LogP contribution in [-0.2, 0) is 15.3 Å². The van der Waals surface area contributed by atoms with Crippen molar-refractivity contribution in [3.63, 3.8) is 0 Å². The predicted molar refractivity (Wildman–Crippen MR) is 77.8 cm³/mol. The first-order valence-electron chi connectivity index (χ1n) is 6.60. The number of pyridine rings is 1. The van der Waals surface area contributed by atoms with Crippen LogP contribution >= 0.6 is 11.9 Å². The summed E-state index contributed by atoms with van der Waals surface area (Å²) in [6.07, 6.45) is -4.66. The molecule has 128 valence electrons. The lowest BCUT2D eigenvalue weighted by Crippen LogP contribution is -2.23. The van der Waals surface area contributed by atoms with Gasteiger partial charge < -0.3 is 13.8 Å². The van der Waals surface area contributed by atoms with Crippen LogP contribution in [0.15, 0.2) is 42.6 Å². The van der Waals surface area contributed by atoms with Crippen LogP contribution in [0.5, 0.6) is 17.4 Å². The number of rotatable bonds is 5. The van der Waals surface area contributed by atoms with Crippen molar-refractivity contribution in [3.8, 4) is 17.4 Å². The summed E-state index contributed by atoms with van der Waals surface area (Å²) in [7, 11) is 0. The molecule has 0 fully saturated rings. The zero-order valence-electron chi connectivity index (χ0n) is 12.2. The van der Waals surface area contributed by atoms with E-state index < -0.39 is 23.8 Å². The Hall–Kier alpha value is -2.48. The number of hydrogen-bond acceptors (Lipinski definition) is 5. The number of ether oxygens (including phenoxy) is 2. The van der Waals surface area contributed by atoms with Crippen molar-refractivity contribution in [2.45, 2.75) is 19.2 Å². The number of benzene rings is 1. The molecule has 1 atom stereocenters. The van der Waals surface area contributed by atoms with Gasteiger partial charge in [0, 0.05) is 12.3 Å². The molecule has 0 aliphatic rings. The maximum absolute atomic E-state index is 12.4. The molecular weight excluding hydrogens is 351 g/mol. The Kier molecular flexibility index (Phi) is 5.50. The molecule has 0 aliphatic heterocycles. The molecule has 5 nitrogen and oxygen atoms in total. The molecule has 24 heavy (non-hydrogen) atoms. The van der Waals surface area contributed by atoms with E-state index in [4.69, 9.17) is 21.3 Å². The Bertz CT molecular complexity index is 689. The van der Waals surface area contributed by atoms with Crippen molar-refractivity contribution in [1.29, 1.82) is 0 Å². The Morgan fingerprint density at radius 1 is 1.12 bits per heavy atom. The summed E-state index contributed by atoms with van der Waals surface area (Å²) in [6, 6.07) is 8.03. The highest BCUT2D eigenvalue weighted by Gasteiger charge is 2.30. The average molecular weight is 362 g/mol. The maximum atomic E-state index is 12.4. The summed E-state index contributed by atoms with van der Waals surface area (Å²) >= 11 is 4.94. The van der Waals surface area contributed by atoms with Crippen LogP contribution < -0.4 is 9.47 Å². The van der Waals surface area contributed by atoms with Gasteiger partial charge in [0.15, 0.2) is 6.10 Å². The van der Waals surface area contributed by atoms with Crippen LogP contribution in [0.25, 0.3) is 0 Å². The fourth-order valence-electron chi connectivity index (χ4n) is 1.63. The first-order chi connectivity index (χ1) is 11.3. The molecule has 0 N–H and O–H groups in total. The SMILES string of the molecule is CC(Oc1ccc(Oc2ccc(C(F)(F)F)cn2)cc1)C(=O)OCl. The highest BCUT2D eigenvalue weighted by atomic mass is 35.5. The first-order valence-corrected chi connectivity index (χ1v) is 6.90. The minimum Gasteiger partial charge on any atom is -0.479 e. The number of carbonyl (C=O) groups excluding carboxylic acids is 1. The number of hydrogen-bond donors (Lipinski definition) is 0. The lowest BCUT2D eigenvalue weighted by Gasteiger charge is -2.12. The zero-order chi connectivity index (χ0) is 17.7. The van der Waals surface area contributed by atoms with Crippen LogP contribution in [0.1, 0.15) is 12.5 Å². The summed E-state index contributed by atoms with van der Waals surface area (Å²) < 4.78 is 51.9. The molecule has 0 bridgehead atoms. The van der Waals surface area contributed by atoms with Gasteiger partial charge in [-0.15, -0.1) is 0 Å². The Morgan fingerprint density at radius 2 is 1.75 bits per heavy atom. The molecule has 0 amide bonds. The van der Waals surface area contributed by atoms with E-state index in [2.05, 4.69) is 9.27 Å². The van der Waals surface area contributed by atoms with Crippen molar-refractivity contribution in [3.05, 3.63) is 48.2 Å². The Balaban J connectivity index is 2.00. The average Bonchev–Trinajstić information content (AvgIpc) is 2.55. The van der Waals surface area contributed by atoms with E-state index in [1.807, 2.05) is 0 Å². The maximum Gasteiger partial charge on any atom is 0.417 e. The summed E-state index contributed by atoms with van der Waals surface area (Å²) in [5.41, 5.74) is -0.862. The summed E-state index contributed by atoms with van der Waals surface area (Å²) in [6.45, 7) is 1.46. The molecule has 0 saturated carbocycles. The fourth-order valence-corrected chi connectivity index (χ4v) is 1.76. The molecule has 1 aromatic heterocycles. The predicted octanol–water partition coefficient (Wildman–Crippen LogP) is 4.36. The monoisotopic (exact) mass is 361 g/mol. The Morgan fingerprint density at radius 3 is 2.25 bits per heavy atom. The van der Waals surface area contributed by atoms with Gasteiger partial charge in [-0.3, -0.25) is 0 Å². The largest absolute Gasteiger partial charge is 0.479 e. The molecule has 2 aromatic rings. The molecule has 1 aromatic carbocycles. The van der Waals surface area contributed by atoms with Crippen LogP contribution in [-0.4, -0.2) is 17.1 Å². The van der Waals surface area contributed by atoms with Gasteiger partial charge >= 0.3 is 12.1 Å². The molecule has 0 saturated heterocycles. The third kappa shape index (κ3) is 4.76. The number of carbonyl (C=O) groups is 1. The van der Waals surface area contributed by atoms with Gasteiger partial charge in [0.05, 0.1) is 5.56 Å². The standard InChI is InChI=1S/C15H11ClF3NO4/c1-9(14(21)24-16)22-11-3-5-12(6-4-11)23-13-7-2-10(8-20-13)15(17,18)19/h2-9H,1H3.